The molecule has 0 aliphatic rings. The Kier molecular flexibility index (Phi) is 11.7. The van der Waals surface area contributed by atoms with Gasteiger partial charge in [-0.15, -0.1) is 0 Å². The molecule has 0 saturated carbocycles. The summed E-state index contributed by atoms with van der Waals surface area (Å²) in [6.07, 6.45) is 7.67. The molecule has 4 heteroatoms. The van der Waals surface area contributed by atoms with Crippen molar-refractivity contribution in [3.8, 4) is 0 Å². The molecule has 0 heterocycles. The van der Waals surface area contributed by atoms with Gasteiger partial charge in [0.25, 0.3) is 0 Å². The van der Waals surface area contributed by atoms with Gasteiger partial charge in [0.05, 0.1) is 13.0 Å². The molecular formula is C14H27NO3. The van der Waals surface area contributed by atoms with Crippen molar-refractivity contribution in [1.29, 1.82) is 0 Å². The highest BCUT2D eigenvalue weighted by atomic mass is 16.5. The third kappa shape index (κ3) is 11.4. The van der Waals surface area contributed by atoms with E-state index in [9.17, 15) is 9.59 Å². The van der Waals surface area contributed by atoms with E-state index in [1.54, 1.807) is 6.92 Å². The number of carbonyl (C=O) groups is 2. The highest BCUT2D eigenvalue weighted by molar-refractivity contribution is 5.81. The van der Waals surface area contributed by atoms with Crippen molar-refractivity contribution in [3.63, 3.8) is 0 Å². The van der Waals surface area contributed by atoms with Crippen LogP contribution in [0.3, 0.4) is 0 Å². The van der Waals surface area contributed by atoms with E-state index in [0.717, 1.165) is 12.8 Å². The Morgan fingerprint density at radius 2 is 1.61 bits per heavy atom. The van der Waals surface area contributed by atoms with Gasteiger partial charge >= 0.3 is 5.97 Å². The first-order valence-electron chi connectivity index (χ1n) is 7.13. The molecule has 0 aromatic heterocycles. The predicted octanol–water partition coefficient (Wildman–Crippen LogP) is 2.81. The van der Waals surface area contributed by atoms with Crippen molar-refractivity contribution in [3.05, 3.63) is 0 Å². The summed E-state index contributed by atoms with van der Waals surface area (Å²) in [5, 5.41) is 2.82. The van der Waals surface area contributed by atoms with E-state index < -0.39 is 0 Å². The van der Waals surface area contributed by atoms with Gasteiger partial charge in [0.2, 0.25) is 5.91 Å². The fraction of sp³-hybridized carbons (Fsp3) is 0.857. The molecule has 0 aliphatic heterocycles. The van der Waals surface area contributed by atoms with Gasteiger partial charge < -0.3 is 10.1 Å². The van der Waals surface area contributed by atoms with Crippen LogP contribution in [0.25, 0.3) is 0 Å². The second kappa shape index (κ2) is 12.4. The number of carbonyl (C=O) groups excluding carboxylic acids is 2. The number of amides is 1. The second-order valence-electron chi connectivity index (χ2n) is 4.42. The van der Waals surface area contributed by atoms with E-state index >= 15 is 0 Å². The molecule has 0 saturated heterocycles. The van der Waals surface area contributed by atoms with Crippen molar-refractivity contribution in [2.24, 2.45) is 0 Å². The van der Waals surface area contributed by atoms with Crippen LogP contribution in [0.4, 0.5) is 0 Å². The summed E-state index contributed by atoms with van der Waals surface area (Å²) in [7, 11) is 0. The quantitative estimate of drug-likeness (QED) is 0.457. The van der Waals surface area contributed by atoms with Crippen LogP contribution in [0, 0.1) is 0 Å². The minimum atomic E-state index is -0.299. The van der Waals surface area contributed by atoms with E-state index in [2.05, 4.69) is 12.2 Å². The maximum absolute atomic E-state index is 11.4. The Morgan fingerprint density at radius 1 is 0.944 bits per heavy atom. The molecule has 0 unspecified atom stereocenters. The zero-order chi connectivity index (χ0) is 13.6. The molecule has 0 bridgehead atoms. The van der Waals surface area contributed by atoms with Crippen LogP contribution in [0.1, 0.15) is 65.2 Å². The lowest BCUT2D eigenvalue weighted by molar-refractivity contribution is -0.144. The fourth-order valence-corrected chi connectivity index (χ4v) is 1.67. The minimum absolute atomic E-state index is 0.0587. The number of unbranched alkanes of at least 4 members (excludes halogenated alkanes) is 5. The first kappa shape index (κ1) is 16.9. The highest BCUT2D eigenvalue weighted by Gasteiger charge is 2.06. The van der Waals surface area contributed by atoms with Crippen molar-refractivity contribution in [1.82, 2.24) is 5.32 Å². The molecule has 0 spiro atoms. The van der Waals surface area contributed by atoms with Gasteiger partial charge in [-0.25, -0.2) is 0 Å². The third-order valence-corrected chi connectivity index (χ3v) is 2.71. The van der Waals surface area contributed by atoms with Crippen LogP contribution in [0.2, 0.25) is 0 Å². The van der Waals surface area contributed by atoms with E-state index in [0.29, 0.717) is 13.2 Å². The van der Waals surface area contributed by atoms with E-state index in [4.69, 9.17) is 4.74 Å². The van der Waals surface area contributed by atoms with Crippen LogP contribution in [0.5, 0.6) is 0 Å². The number of nitrogens with one attached hydrogen (secondary N) is 1. The van der Waals surface area contributed by atoms with E-state index in [1.807, 2.05) is 0 Å². The topological polar surface area (TPSA) is 55.4 Å². The Labute approximate surface area is 110 Å². The molecular weight excluding hydrogens is 230 g/mol. The van der Waals surface area contributed by atoms with Crippen molar-refractivity contribution in [2.45, 2.75) is 65.2 Å². The SMILES string of the molecule is CCCCCCCCNC(=O)CCC(=O)OCC. The zero-order valence-corrected chi connectivity index (χ0v) is 11.8. The summed E-state index contributed by atoms with van der Waals surface area (Å²) >= 11 is 0. The third-order valence-electron chi connectivity index (χ3n) is 2.71. The largest absolute Gasteiger partial charge is 0.466 e. The number of esters is 1. The second-order valence-corrected chi connectivity index (χ2v) is 4.42. The lowest BCUT2D eigenvalue weighted by atomic mass is 10.1. The van der Waals surface area contributed by atoms with E-state index in [-0.39, 0.29) is 24.7 Å². The van der Waals surface area contributed by atoms with Gasteiger partial charge in [-0.3, -0.25) is 9.59 Å². The smallest absolute Gasteiger partial charge is 0.306 e. The molecule has 0 fully saturated rings. The van der Waals surface area contributed by atoms with Crippen molar-refractivity contribution in [2.75, 3.05) is 13.2 Å². The maximum atomic E-state index is 11.4. The molecule has 106 valence electrons. The monoisotopic (exact) mass is 257 g/mol. The zero-order valence-electron chi connectivity index (χ0n) is 11.8. The van der Waals surface area contributed by atoms with Crippen LogP contribution < -0.4 is 5.32 Å². The van der Waals surface area contributed by atoms with Gasteiger partial charge in [-0.2, -0.15) is 0 Å². The summed E-state index contributed by atoms with van der Waals surface area (Å²) in [4.78, 5) is 22.4. The average Bonchev–Trinajstić information content (AvgIpc) is 2.35. The number of hydrogen-bond acceptors (Lipinski definition) is 3. The first-order valence-corrected chi connectivity index (χ1v) is 7.13. The minimum Gasteiger partial charge on any atom is -0.466 e. The Balaban J connectivity index is 3.29. The van der Waals surface area contributed by atoms with Gasteiger partial charge in [0, 0.05) is 13.0 Å². The molecule has 0 rings (SSSR count). The van der Waals surface area contributed by atoms with Crippen LogP contribution in [0.15, 0.2) is 0 Å². The normalized spacial score (nSPS) is 10.1. The Bertz CT molecular complexity index is 229. The summed E-state index contributed by atoms with van der Waals surface area (Å²) in [5.74, 6) is -0.358. The van der Waals surface area contributed by atoms with Crippen molar-refractivity contribution < 1.29 is 14.3 Å². The molecule has 0 aromatic rings. The van der Waals surface area contributed by atoms with E-state index in [1.165, 1.54) is 25.7 Å². The summed E-state index contributed by atoms with van der Waals surface area (Å²) in [6.45, 7) is 5.05. The number of hydrogen-bond donors (Lipinski definition) is 1. The standard InChI is InChI=1S/C14H27NO3/c1-3-5-6-7-8-9-12-15-13(16)10-11-14(17)18-4-2/h3-12H2,1-2H3,(H,15,16). The van der Waals surface area contributed by atoms with Crippen LogP contribution in [-0.2, 0) is 14.3 Å². The summed E-state index contributed by atoms with van der Waals surface area (Å²) < 4.78 is 4.75. The van der Waals surface area contributed by atoms with Gasteiger partial charge in [-0.1, -0.05) is 39.0 Å². The molecule has 0 radical (unpaired) electrons. The number of rotatable bonds is 11. The Hall–Kier alpha value is -1.06. The summed E-state index contributed by atoms with van der Waals surface area (Å²) in [5.41, 5.74) is 0. The molecule has 18 heavy (non-hydrogen) atoms. The molecule has 0 atom stereocenters. The summed E-state index contributed by atoms with van der Waals surface area (Å²) in [6, 6.07) is 0. The lowest BCUT2D eigenvalue weighted by Crippen LogP contribution is -2.25. The van der Waals surface area contributed by atoms with Crippen molar-refractivity contribution >= 4 is 11.9 Å². The maximum Gasteiger partial charge on any atom is 0.306 e. The highest BCUT2D eigenvalue weighted by Crippen LogP contribution is 2.04. The van der Waals surface area contributed by atoms with Gasteiger partial charge in [0.15, 0.2) is 0 Å². The Morgan fingerprint density at radius 3 is 2.28 bits per heavy atom. The molecule has 1 amide bonds. The number of ether oxygens (including phenoxy) is 1. The first-order chi connectivity index (χ1) is 8.70. The van der Waals surface area contributed by atoms with Gasteiger partial charge in [0.1, 0.15) is 0 Å². The van der Waals surface area contributed by atoms with Crippen LogP contribution >= 0.6 is 0 Å². The van der Waals surface area contributed by atoms with Gasteiger partial charge in [-0.05, 0) is 13.3 Å². The average molecular weight is 257 g/mol. The molecule has 1 N–H and O–H groups in total. The molecule has 4 nitrogen and oxygen atoms in total. The molecule has 0 aliphatic carbocycles. The van der Waals surface area contributed by atoms with Crippen LogP contribution in [-0.4, -0.2) is 25.0 Å². The lowest BCUT2D eigenvalue weighted by Gasteiger charge is -2.05. The fourth-order valence-electron chi connectivity index (χ4n) is 1.67. The predicted molar refractivity (Wildman–Crippen MR) is 72.3 cm³/mol. The molecule has 0 aromatic carbocycles.